The van der Waals surface area contributed by atoms with Crippen LogP contribution < -0.4 is 20.1 Å². The molecule has 6 heteroatoms. The van der Waals surface area contributed by atoms with Crippen molar-refractivity contribution in [2.45, 2.75) is 70.4 Å². The maximum atomic E-state index is 12.1. The Morgan fingerprint density at radius 1 is 1.06 bits per heavy atom. The first kappa shape index (κ1) is 26.0. The normalized spacial score (nSPS) is 16.2. The number of unbranched alkanes of at least 4 members (excludes halogenated alkanes) is 3. The van der Waals surface area contributed by atoms with Gasteiger partial charge < -0.3 is 25.2 Å². The zero-order valence-electron chi connectivity index (χ0n) is 20.4. The van der Waals surface area contributed by atoms with Gasteiger partial charge in [-0.1, -0.05) is 50.5 Å². The lowest BCUT2D eigenvalue weighted by atomic mass is 10.0. The Balaban J connectivity index is 1.42. The van der Waals surface area contributed by atoms with E-state index in [0.717, 1.165) is 50.0 Å². The van der Waals surface area contributed by atoms with Gasteiger partial charge in [0.1, 0.15) is 24.2 Å². The van der Waals surface area contributed by atoms with Crippen LogP contribution in [0.4, 0.5) is 0 Å². The highest BCUT2D eigenvalue weighted by atomic mass is 16.5. The Kier molecular flexibility index (Phi) is 11.2. The molecule has 1 aliphatic rings. The van der Waals surface area contributed by atoms with Crippen LogP contribution in [0.2, 0.25) is 0 Å². The van der Waals surface area contributed by atoms with Gasteiger partial charge in [-0.2, -0.15) is 0 Å². The van der Waals surface area contributed by atoms with Crippen LogP contribution in [0.15, 0.2) is 48.5 Å². The van der Waals surface area contributed by atoms with E-state index in [-0.39, 0.29) is 25.2 Å². The van der Waals surface area contributed by atoms with E-state index in [1.165, 1.54) is 24.0 Å². The zero-order chi connectivity index (χ0) is 24.0. The van der Waals surface area contributed by atoms with Crippen molar-refractivity contribution < 1.29 is 19.4 Å². The van der Waals surface area contributed by atoms with Gasteiger partial charge >= 0.3 is 0 Å². The van der Waals surface area contributed by atoms with Crippen LogP contribution >= 0.6 is 0 Å². The first-order valence-corrected chi connectivity index (χ1v) is 12.7. The minimum Gasteiger partial charge on any atom is -0.491 e. The molecule has 2 atom stereocenters. The fourth-order valence-electron chi connectivity index (χ4n) is 4.26. The first-order chi connectivity index (χ1) is 16.6. The molecular weight excluding hydrogens is 428 g/mol. The van der Waals surface area contributed by atoms with Gasteiger partial charge in [0, 0.05) is 19.1 Å². The molecule has 1 amide bonds. The summed E-state index contributed by atoms with van der Waals surface area (Å²) in [6.07, 6.45) is 8.05. The number of ether oxygens (including phenoxy) is 2. The second-order valence-corrected chi connectivity index (χ2v) is 9.11. The highest BCUT2D eigenvalue weighted by Crippen LogP contribution is 2.25. The van der Waals surface area contributed by atoms with Crippen LogP contribution in [0.25, 0.3) is 0 Å². The molecule has 1 unspecified atom stereocenters. The van der Waals surface area contributed by atoms with E-state index in [2.05, 4.69) is 29.7 Å². The Morgan fingerprint density at radius 3 is 2.74 bits per heavy atom. The molecule has 34 heavy (non-hydrogen) atoms. The number of para-hydroxylation sites is 1. The summed E-state index contributed by atoms with van der Waals surface area (Å²) < 4.78 is 11.4. The summed E-state index contributed by atoms with van der Waals surface area (Å²) >= 11 is 0. The average molecular weight is 469 g/mol. The molecule has 0 saturated heterocycles. The summed E-state index contributed by atoms with van der Waals surface area (Å²) in [5.41, 5.74) is 2.59. The summed E-state index contributed by atoms with van der Waals surface area (Å²) in [5, 5.41) is 16.8. The molecule has 0 bridgehead atoms. The SMILES string of the molecule is CCCCCCNC(=O)COc1ccc2c(c1)CC(NC[C@H](O)COc1ccccc1)CCC2. The molecule has 1 aliphatic carbocycles. The number of rotatable bonds is 14. The van der Waals surface area contributed by atoms with Crippen LogP contribution in [0.1, 0.15) is 56.6 Å². The van der Waals surface area contributed by atoms with Crippen LogP contribution in [-0.4, -0.2) is 49.5 Å². The van der Waals surface area contributed by atoms with Gasteiger partial charge in [0.2, 0.25) is 0 Å². The second-order valence-electron chi connectivity index (χ2n) is 9.11. The summed E-state index contributed by atoms with van der Waals surface area (Å²) in [6, 6.07) is 16.0. The second kappa shape index (κ2) is 14.6. The molecule has 0 fully saturated rings. The number of fused-ring (bicyclic) bond motifs is 1. The zero-order valence-corrected chi connectivity index (χ0v) is 20.4. The molecule has 6 nitrogen and oxygen atoms in total. The highest BCUT2D eigenvalue weighted by molar-refractivity contribution is 5.77. The molecule has 0 saturated carbocycles. The van der Waals surface area contributed by atoms with E-state index in [4.69, 9.17) is 9.47 Å². The number of nitrogens with one attached hydrogen (secondary N) is 2. The fourth-order valence-corrected chi connectivity index (χ4v) is 4.26. The third-order valence-corrected chi connectivity index (χ3v) is 6.19. The number of carbonyl (C=O) groups is 1. The van der Waals surface area contributed by atoms with Crippen LogP contribution in [0.3, 0.4) is 0 Å². The quantitative estimate of drug-likeness (QED) is 0.288. The summed E-state index contributed by atoms with van der Waals surface area (Å²) in [6.45, 7) is 3.68. The molecular formula is C28H40N2O4. The van der Waals surface area contributed by atoms with E-state index < -0.39 is 6.10 Å². The van der Waals surface area contributed by atoms with Gasteiger partial charge in [0.25, 0.3) is 5.91 Å². The number of aryl methyl sites for hydroxylation is 1. The van der Waals surface area contributed by atoms with Crippen molar-refractivity contribution in [3.05, 3.63) is 59.7 Å². The topological polar surface area (TPSA) is 79.8 Å². The van der Waals surface area contributed by atoms with Crippen molar-refractivity contribution in [1.82, 2.24) is 10.6 Å². The Labute approximate surface area is 204 Å². The molecule has 0 aromatic heterocycles. The molecule has 0 heterocycles. The monoisotopic (exact) mass is 468 g/mol. The Bertz CT molecular complexity index is 859. The van der Waals surface area contributed by atoms with Crippen LogP contribution in [0, 0.1) is 0 Å². The van der Waals surface area contributed by atoms with E-state index in [1.54, 1.807) is 0 Å². The van der Waals surface area contributed by atoms with Crippen molar-refractivity contribution in [2.24, 2.45) is 0 Å². The molecule has 0 spiro atoms. The number of hydrogen-bond acceptors (Lipinski definition) is 5. The van der Waals surface area contributed by atoms with E-state index in [0.29, 0.717) is 13.1 Å². The Hall–Kier alpha value is -2.57. The lowest BCUT2D eigenvalue weighted by molar-refractivity contribution is -0.123. The van der Waals surface area contributed by atoms with Crippen LogP contribution in [-0.2, 0) is 17.6 Å². The maximum Gasteiger partial charge on any atom is 0.257 e. The molecule has 0 radical (unpaired) electrons. The van der Waals surface area contributed by atoms with Gasteiger partial charge in [-0.05, 0) is 67.5 Å². The number of benzene rings is 2. The summed E-state index contributed by atoms with van der Waals surface area (Å²) in [4.78, 5) is 12.1. The largest absolute Gasteiger partial charge is 0.491 e. The first-order valence-electron chi connectivity index (χ1n) is 12.7. The highest BCUT2D eigenvalue weighted by Gasteiger charge is 2.18. The van der Waals surface area contributed by atoms with E-state index >= 15 is 0 Å². The standard InChI is InChI=1S/C28H40N2O4/c1-2-3-4-8-16-29-28(32)21-34-27-15-14-22-10-9-11-24(17-23(22)18-27)30-19-25(31)20-33-26-12-6-5-7-13-26/h5-7,12-15,18,24-25,30-31H,2-4,8-11,16-17,19-21H2,1H3,(H,29,32)/t24?,25-/m0/s1. The molecule has 0 aliphatic heterocycles. The third kappa shape index (κ3) is 9.35. The van der Waals surface area contributed by atoms with Gasteiger partial charge in [0.15, 0.2) is 6.61 Å². The van der Waals surface area contributed by atoms with Crippen molar-refractivity contribution in [3.8, 4) is 11.5 Å². The number of aliphatic hydroxyl groups excluding tert-OH is 1. The predicted octanol–water partition coefficient (Wildman–Crippen LogP) is 4.04. The molecule has 2 aromatic rings. The number of hydrogen-bond donors (Lipinski definition) is 3. The lowest BCUT2D eigenvalue weighted by Gasteiger charge is -2.20. The van der Waals surface area contributed by atoms with E-state index in [9.17, 15) is 9.90 Å². The number of aliphatic hydroxyl groups is 1. The van der Waals surface area contributed by atoms with Crippen LogP contribution in [0.5, 0.6) is 11.5 Å². The predicted molar refractivity (Wildman–Crippen MR) is 135 cm³/mol. The lowest BCUT2D eigenvalue weighted by Crippen LogP contribution is -2.39. The minimum atomic E-state index is -0.571. The maximum absolute atomic E-state index is 12.1. The Morgan fingerprint density at radius 2 is 1.91 bits per heavy atom. The number of amides is 1. The summed E-state index contributed by atoms with van der Waals surface area (Å²) in [5.74, 6) is 1.43. The van der Waals surface area contributed by atoms with Crippen molar-refractivity contribution in [1.29, 1.82) is 0 Å². The molecule has 186 valence electrons. The van der Waals surface area contributed by atoms with Gasteiger partial charge in [-0.3, -0.25) is 4.79 Å². The molecule has 2 aromatic carbocycles. The third-order valence-electron chi connectivity index (χ3n) is 6.19. The minimum absolute atomic E-state index is 0.0435. The van der Waals surface area contributed by atoms with Gasteiger partial charge in [-0.25, -0.2) is 0 Å². The smallest absolute Gasteiger partial charge is 0.257 e. The van der Waals surface area contributed by atoms with Gasteiger partial charge in [0.05, 0.1) is 0 Å². The average Bonchev–Trinajstić information content (AvgIpc) is 3.07. The molecule has 3 rings (SSSR count). The van der Waals surface area contributed by atoms with Crippen molar-refractivity contribution in [3.63, 3.8) is 0 Å². The van der Waals surface area contributed by atoms with E-state index in [1.807, 2.05) is 36.4 Å². The van der Waals surface area contributed by atoms with Crippen molar-refractivity contribution >= 4 is 5.91 Å². The van der Waals surface area contributed by atoms with Gasteiger partial charge in [-0.15, -0.1) is 0 Å². The fraction of sp³-hybridized carbons (Fsp3) is 0.536. The summed E-state index contributed by atoms with van der Waals surface area (Å²) in [7, 11) is 0. The number of carbonyl (C=O) groups excluding carboxylic acids is 1. The molecule has 3 N–H and O–H groups in total. The van der Waals surface area contributed by atoms with Crippen molar-refractivity contribution in [2.75, 3.05) is 26.3 Å².